The van der Waals surface area contributed by atoms with Crippen molar-refractivity contribution in [3.05, 3.63) is 18.2 Å². The molecule has 1 aliphatic heterocycles. The smallest absolute Gasteiger partial charge is 0.387 e. The van der Waals surface area contributed by atoms with E-state index in [0.29, 0.717) is 12.1 Å². The predicted octanol–water partition coefficient (Wildman–Crippen LogP) is 2.38. The predicted molar refractivity (Wildman–Crippen MR) is 73.9 cm³/mol. The minimum Gasteiger partial charge on any atom is -0.493 e. The fourth-order valence-electron chi connectivity index (χ4n) is 2.31. The van der Waals surface area contributed by atoms with Gasteiger partial charge in [-0.3, -0.25) is 4.79 Å². The van der Waals surface area contributed by atoms with Crippen LogP contribution in [0.3, 0.4) is 0 Å². The van der Waals surface area contributed by atoms with E-state index in [2.05, 4.69) is 15.4 Å². The number of halogens is 2. The van der Waals surface area contributed by atoms with Gasteiger partial charge < -0.3 is 20.1 Å². The van der Waals surface area contributed by atoms with Gasteiger partial charge in [-0.05, 0) is 31.5 Å². The van der Waals surface area contributed by atoms with Gasteiger partial charge in [0.15, 0.2) is 11.5 Å². The average molecular weight is 300 g/mol. The molecular formula is C14H18F2N2O3. The van der Waals surface area contributed by atoms with Gasteiger partial charge in [0.1, 0.15) is 0 Å². The third kappa shape index (κ3) is 4.56. The van der Waals surface area contributed by atoms with Crippen molar-refractivity contribution in [3.8, 4) is 11.5 Å². The Labute approximate surface area is 121 Å². The second-order valence-electron chi connectivity index (χ2n) is 4.79. The zero-order chi connectivity index (χ0) is 15.2. The summed E-state index contributed by atoms with van der Waals surface area (Å²) in [6.07, 6.45) is 2.39. The first-order chi connectivity index (χ1) is 10.1. The molecule has 1 aliphatic rings. The molecule has 1 aromatic rings. The summed E-state index contributed by atoms with van der Waals surface area (Å²) < 4.78 is 34.0. The van der Waals surface area contributed by atoms with Crippen LogP contribution in [0.5, 0.6) is 11.5 Å². The lowest BCUT2D eigenvalue weighted by molar-refractivity contribution is -0.116. The Morgan fingerprint density at radius 2 is 2.29 bits per heavy atom. The Morgan fingerprint density at radius 3 is 2.90 bits per heavy atom. The highest BCUT2D eigenvalue weighted by atomic mass is 19.3. The van der Waals surface area contributed by atoms with Crippen molar-refractivity contribution in [1.29, 1.82) is 0 Å². The molecule has 1 unspecified atom stereocenters. The number of hydrogen-bond donors (Lipinski definition) is 2. The maximum absolute atomic E-state index is 12.3. The molecule has 21 heavy (non-hydrogen) atoms. The minimum absolute atomic E-state index is 0.107. The van der Waals surface area contributed by atoms with Gasteiger partial charge in [0, 0.05) is 24.2 Å². The maximum Gasteiger partial charge on any atom is 0.387 e. The number of nitrogens with one attached hydrogen (secondary N) is 2. The number of benzene rings is 1. The molecule has 2 rings (SSSR count). The van der Waals surface area contributed by atoms with Crippen LogP contribution in [0, 0.1) is 0 Å². The summed E-state index contributed by atoms with van der Waals surface area (Å²) in [5.41, 5.74) is 0.398. The summed E-state index contributed by atoms with van der Waals surface area (Å²) >= 11 is 0. The average Bonchev–Trinajstić information content (AvgIpc) is 2.91. The summed E-state index contributed by atoms with van der Waals surface area (Å²) in [5.74, 6) is -0.0855. The Hall–Kier alpha value is -1.89. The largest absolute Gasteiger partial charge is 0.493 e. The Morgan fingerprint density at radius 1 is 1.48 bits per heavy atom. The van der Waals surface area contributed by atoms with Crippen LogP contribution in [-0.4, -0.2) is 32.2 Å². The van der Waals surface area contributed by atoms with E-state index in [1.54, 1.807) is 6.07 Å². The monoisotopic (exact) mass is 300 g/mol. The van der Waals surface area contributed by atoms with Gasteiger partial charge in [-0.1, -0.05) is 0 Å². The van der Waals surface area contributed by atoms with Crippen molar-refractivity contribution in [3.63, 3.8) is 0 Å². The summed E-state index contributed by atoms with van der Waals surface area (Å²) in [6, 6.07) is 4.56. The van der Waals surface area contributed by atoms with Crippen LogP contribution in [0.15, 0.2) is 18.2 Å². The second-order valence-corrected chi connectivity index (χ2v) is 4.79. The van der Waals surface area contributed by atoms with E-state index in [1.165, 1.54) is 19.2 Å². The van der Waals surface area contributed by atoms with Crippen LogP contribution < -0.4 is 20.1 Å². The molecule has 1 fully saturated rings. The van der Waals surface area contributed by atoms with Gasteiger partial charge in [-0.25, -0.2) is 0 Å². The first-order valence-corrected chi connectivity index (χ1v) is 6.74. The molecule has 1 amide bonds. The lowest BCUT2D eigenvalue weighted by atomic mass is 10.1. The van der Waals surface area contributed by atoms with Crippen molar-refractivity contribution in [2.75, 3.05) is 19.0 Å². The molecule has 2 N–H and O–H groups in total. The Bertz CT molecular complexity index is 491. The minimum atomic E-state index is -2.95. The second kappa shape index (κ2) is 7.21. The molecule has 0 aromatic heterocycles. The number of hydrogen-bond acceptors (Lipinski definition) is 4. The van der Waals surface area contributed by atoms with Gasteiger partial charge in [0.25, 0.3) is 0 Å². The van der Waals surface area contributed by atoms with Gasteiger partial charge in [-0.2, -0.15) is 8.78 Å². The summed E-state index contributed by atoms with van der Waals surface area (Å²) in [7, 11) is 1.36. The number of carbonyl (C=O) groups excluding carboxylic acids is 1. The van der Waals surface area contributed by atoms with E-state index in [9.17, 15) is 13.6 Å². The van der Waals surface area contributed by atoms with Gasteiger partial charge in [0.05, 0.1) is 7.11 Å². The third-order valence-electron chi connectivity index (χ3n) is 3.26. The number of rotatable bonds is 6. The van der Waals surface area contributed by atoms with Crippen molar-refractivity contribution in [2.24, 2.45) is 0 Å². The quantitative estimate of drug-likeness (QED) is 0.847. The molecule has 0 aliphatic carbocycles. The fourth-order valence-corrected chi connectivity index (χ4v) is 2.31. The molecule has 1 aromatic carbocycles. The van der Waals surface area contributed by atoms with Crippen LogP contribution in [-0.2, 0) is 4.79 Å². The topological polar surface area (TPSA) is 59.6 Å². The van der Waals surface area contributed by atoms with E-state index in [1.807, 2.05) is 0 Å². The standard InChI is InChI=1S/C14H18F2N2O3/c1-20-11-5-4-10(7-12(11)21-14(15)16)18-13(19)8-9-3-2-6-17-9/h4-5,7,9,14,17H,2-3,6,8H2,1H3,(H,18,19). The third-order valence-corrected chi connectivity index (χ3v) is 3.26. The molecule has 1 atom stereocenters. The molecule has 7 heteroatoms. The van der Waals surface area contributed by atoms with E-state index >= 15 is 0 Å². The number of anilines is 1. The molecule has 0 radical (unpaired) electrons. The summed E-state index contributed by atoms with van der Waals surface area (Å²) in [4.78, 5) is 11.9. The number of alkyl halides is 2. The highest BCUT2D eigenvalue weighted by Crippen LogP contribution is 2.31. The van der Waals surface area contributed by atoms with Crippen molar-refractivity contribution >= 4 is 11.6 Å². The fraction of sp³-hybridized carbons (Fsp3) is 0.500. The van der Waals surface area contributed by atoms with Crippen LogP contribution in [0.1, 0.15) is 19.3 Å². The van der Waals surface area contributed by atoms with Gasteiger partial charge in [0.2, 0.25) is 5.91 Å². The lowest BCUT2D eigenvalue weighted by Gasteiger charge is -2.13. The number of amides is 1. The van der Waals surface area contributed by atoms with E-state index in [4.69, 9.17) is 4.74 Å². The van der Waals surface area contributed by atoms with Crippen molar-refractivity contribution in [1.82, 2.24) is 5.32 Å². The lowest BCUT2D eigenvalue weighted by Crippen LogP contribution is -2.27. The van der Waals surface area contributed by atoms with Crippen LogP contribution in [0.25, 0.3) is 0 Å². The highest BCUT2D eigenvalue weighted by molar-refractivity contribution is 5.91. The first-order valence-electron chi connectivity index (χ1n) is 6.74. The highest BCUT2D eigenvalue weighted by Gasteiger charge is 2.18. The van der Waals surface area contributed by atoms with Gasteiger partial charge in [-0.15, -0.1) is 0 Å². The summed E-state index contributed by atoms with van der Waals surface area (Å²) in [6.45, 7) is -2.03. The van der Waals surface area contributed by atoms with Crippen molar-refractivity contribution in [2.45, 2.75) is 31.9 Å². The summed E-state index contributed by atoms with van der Waals surface area (Å²) in [5, 5.41) is 5.90. The van der Waals surface area contributed by atoms with E-state index < -0.39 is 6.61 Å². The molecule has 1 heterocycles. The zero-order valence-electron chi connectivity index (χ0n) is 11.7. The van der Waals surface area contributed by atoms with Crippen LogP contribution >= 0.6 is 0 Å². The molecule has 0 bridgehead atoms. The molecule has 1 saturated heterocycles. The van der Waals surface area contributed by atoms with E-state index in [-0.39, 0.29) is 23.4 Å². The number of ether oxygens (including phenoxy) is 2. The Kier molecular flexibility index (Phi) is 5.32. The zero-order valence-corrected chi connectivity index (χ0v) is 11.7. The normalized spacial score (nSPS) is 17.8. The molecule has 0 saturated carbocycles. The Balaban J connectivity index is 2.00. The molecular weight excluding hydrogens is 282 g/mol. The molecule has 0 spiro atoms. The molecule has 116 valence electrons. The van der Waals surface area contributed by atoms with E-state index in [0.717, 1.165) is 19.4 Å². The van der Waals surface area contributed by atoms with Crippen LogP contribution in [0.4, 0.5) is 14.5 Å². The molecule has 5 nitrogen and oxygen atoms in total. The van der Waals surface area contributed by atoms with Crippen molar-refractivity contribution < 1.29 is 23.0 Å². The van der Waals surface area contributed by atoms with Gasteiger partial charge >= 0.3 is 6.61 Å². The number of carbonyl (C=O) groups is 1. The number of methoxy groups -OCH3 is 1. The SMILES string of the molecule is COc1ccc(NC(=O)CC2CCCN2)cc1OC(F)F. The van der Waals surface area contributed by atoms with Crippen LogP contribution in [0.2, 0.25) is 0 Å². The first kappa shape index (κ1) is 15.5. The maximum atomic E-state index is 12.3.